The van der Waals surface area contributed by atoms with E-state index in [4.69, 9.17) is 5.73 Å². The fourth-order valence-corrected chi connectivity index (χ4v) is 8.64. The number of nitrogens with zero attached hydrogens (tertiary/aromatic N) is 4. The summed E-state index contributed by atoms with van der Waals surface area (Å²) in [7, 11) is 2.14. The summed E-state index contributed by atoms with van der Waals surface area (Å²) in [6.07, 6.45) is 1.10. The number of rotatable bonds is 6. The summed E-state index contributed by atoms with van der Waals surface area (Å²) in [5, 5.41) is 5.91. The Balaban J connectivity index is 1.12. The van der Waals surface area contributed by atoms with E-state index in [0.29, 0.717) is 57.4 Å². The summed E-state index contributed by atoms with van der Waals surface area (Å²) in [5.41, 5.74) is 6.49. The third-order valence-electron chi connectivity index (χ3n) is 11.1. The molecule has 0 bridgehead atoms. The van der Waals surface area contributed by atoms with Crippen LogP contribution < -0.4 is 16.4 Å². The minimum Gasteiger partial charge on any atom is -0.397 e. The lowest BCUT2D eigenvalue weighted by Gasteiger charge is -2.41. The molecule has 3 fully saturated rings. The maximum Gasteiger partial charge on any atom is 0.418 e. The monoisotopic (exact) mass is 761 g/mol. The first-order chi connectivity index (χ1) is 23.9. The molecule has 1 atom stereocenters. The number of para-hydroxylation sites is 1. The van der Waals surface area contributed by atoms with Crippen molar-refractivity contribution in [3.63, 3.8) is 0 Å². The lowest BCUT2D eigenvalue weighted by Crippen LogP contribution is -2.57. The fourth-order valence-electron chi connectivity index (χ4n) is 8.13. The number of nitrogens with one attached hydrogen (secondary N) is 2. The van der Waals surface area contributed by atoms with Crippen molar-refractivity contribution in [2.45, 2.75) is 69.6 Å². The van der Waals surface area contributed by atoms with Crippen molar-refractivity contribution >= 4 is 45.3 Å². The molecule has 2 aromatic rings. The number of nitrogen functional groups attached to an aromatic ring is 1. The molecule has 0 saturated carbocycles. The van der Waals surface area contributed by atoms with E-state index >= 15 is 0 Å². The molecule has 14 heteroatoms. The molecule has 6 rings (SSSR count). The number of benzene rings is 2. The lowest BCUT2D eigenvalue weighted by molar-refractivity contribution is -0.137. The first kappa shape index (κ1) is 36.3. The van der Waals surface area contributed by atoms with Gasteiger partial charge in [-0.15, -0.1) is 0 Å². The van der Waals surface area contributed by atoms with E-state index in [0.717, 1.165) is 62.5 Å². The number of hydrogen-bond donors (Lipinski definition) is 3. The van der Waals surface area contributed by atoms with Gasteiger partial charge < -0.3 is 36.0 Å². The molecule has 4 N–H and O–H groups in total. The molecule has 272 valence electrons. The largest absolute Gasteiger partial charge is 0.418 e. The van der Waals surface area contributed by atoms with E-state index in [9.17, 15) is 27.6 Å². The Morgan fingerprint density at radius 1 is 0.940 bits per heavy atom. The third kappa shape index (κ3) is 8.33. The summed E-state index contributed by atoms with van der Waals surface area (Å²) < 4.78 is 41.7. The van der Waals surface area contributed by atoms with Gasteiger partial charge in [-0.05, 0) is 122 Å². The second-order valence-corrected chi connectivity index (χ2v) is 15.1. The summed E-state index contributed by atoms with van der Waals surface area (Å²) in [4.78, 5) is 48.4. The first-order valence-electron chi connectivity index (χ1n) is 17.7. The zero-order valence-electron chi connectivity index (χ0n) is 28.5. The molecule has 0 radical (unpaired) electrons. The van der Waals surface area contributed by atoms with Crippen molar-refractivity contribution in [1.82, 2.24) is 24.9 Å². The van der Waals surface area contributed by atoms with E-state index < -0.39 is 29.5 Å². The van der Waals surface area contributed by atoms with E-state index in [1.165, 1.54) is 6.07 Å². The van der Waals surface area contributed by atoms with E-state index in [-0.39, 0.29) is 34.4 Å². The summed E-state index contributed by atoms with van der Waals surface area (Å²) in [5.74, 6) is 0.868. The van der Waals surface area contributed by atoms with Crippen LogP contribution in [0.1, 0.15) is 55.2 Å². The van der Waals surface area contributed by atoms with E-state index in [1.807, 2.05) is 29.2 Å². The van der Waals surface area contributed by atoms with Crippen molar-refractivity contribution in [2.75, 3.05) is 63.9 Å². The van der Waals surface area contributed by atoms with Crippen LogP contribution in [0.4, 0.5) is 34.1 Å². The number of carbonyl (C=O) groups is 3. The Labute approximate surface area is 300 Å². The molecule has 4 aliphatic heterocycles. The van der Waals surface area contributed by atoms with Crippen LogP contribution in [0.25, 0.3) is 0 Å². The molecule has 2 aromatic carbocycles. The molecule has 4 heterocycles. The van der Waals surface area contributed by atoms with Gasteiger partial charge in [0.15, 0.2) is 0 Å². The van der Waals surface area contributed by atoms with Gasteiger partial charge in [0.2, 0.25) is 5.91 Å². The zero-order valence-corrected chi connectivity index (χ0v) is 30.1. The van der Waals surface area contributed by atoms with E-state index in [1.54, 1.807) is 9.80 Å². The number of halogens is 4. The molecule has 0 aromatic heterocycles. The van der Waals surface area contributed by atoms with Crippen LogP contribution in [0.2, 0.25) is 0 Å². The van der Waals surface area contributed by atoms with Crippen molar-refractivity contribution in [1.29, 1.82) is 0 Å². The number of alkyl halides is 3. The molecular formula is C36H47BrF3N7O3. The number of hydrogen-bond acceptors (Lipinski definition) is 5. The van der Waals surface area contributed by atoms with Crippen LogP contribution in [0.3, 0.4) is 0 Å². The van der Waals surface area contributed by atoms with Crippen molar-refractivity contribution in [2.24, 2.45) is 11.8 Å². The predicted octanol–water partition coefficient (Wildman–Crippen LogP) is 5.81. The van der Waals surface area contributed by atoms with Gasteiger partial charge in [-0.3, -0.25) is 4.79 Å². The molecule has 5 amide bonds. The normalized spacial score (nSPS) is 21.0. The van der Waals surface area contributed by atoms with Crippen LogP contribution in [0.15, 0.2) is 40.9 Å². The van der Waals surface area contributed by atoms with Gasteiger partial charge in [-0.1, -0.05) is 18.2 Å². The van der Waals surface area contributed by atoms with Crippen molar-refractivity contribution < 1.29 is 27.6 Å². The maximum atomic E-state index is 14.1. The highest BCUT2D eigenvalue weighted by atomic mass is 79.9. The highest BCUT2D eigenvalue weighted by Crippen LogP contribution is 2.38. The molecule has 10 nitrogen and oxygen atoms in total. The fraction of sp³-hybridized carbons (Fsp3) is 0.583. The number of amides is 5. The number of likely N-dealkylation sites (tertiary alicyclic amines) is 3. The van der Waals surface area contributed by atoms with Crippen LogP contribution in [-0.4, -0.2) is 103 Å². The summed E-state index contributed by atoms with van der Waals surface area (Å²) in [6.45, 7) is 4.58. The lowest BCUT2D eigenvalue weighted by atomic mass is 9.79. The van der Waals surface area contributed by atoms with E-state index in [2.05, 4.69) is 38.5 Å². The Morgan fingerprint density at radius 3 is 2.22 bits per heavy atom. The topological polar surface area (TPSA) is 114 Å². The third-order valence-corrected chi connectivity index (χ3v) is 11.8. The number of piperidine rings is 3. The van der Waals surface area contributed by atoms with Crippen LogP contribution >= 0.6 is 15.9 Å². The molecule has 4 aliphatic rings. The van der Waals surface area contributed by atoms with Crippen molar-refractivity contribution in [3.05, 3.63) is 57.6 Å². The molecule has 50 heavy (non-hydrogen) atoms. The predicted molar refractivity (Wildman–Crippen MR) is 190 cm³/mol. The SMILES string of the molecule is CN1CCC(C2CCN(C(=O)[C@@H](Cc3cc(Br)c(N)c(C(F)(F)F)c3)NC(=O)N3CCC(N4CCc5ccccc5NC4=O)CC3)CC2)CC1. The number of urea groups is 2. The maximum absolute atomic E-state index is 14.1. The Bertz CT molecular complexity index is 1550. The second kappa shape index (κ2) is 15.4. The Hall–Kier alpha value is -3.52. The average Bonchev–Trinajstić information content (AvgIpc) is 3.27. The van der Waals surface area contributed by atoms with Gasteiger partial charge in [0.25, 0.3) is 0 Å². The first-order valence-corrected chi connectivity index (χ1v) is 18.5. The van der Waals surface area contributed by atoms with Gasteiger partial charge in [-0.2, -0.15) is 13.2 Å². The van der Waals surface area contributed by atoms with Crippen LogP contribution in [0, 0.1) is 11.8 Å². The van der Waals surface area contributed by atoms with Crippen LogP contribution in [-0.2, 0) is 23.8 Å². The smallest absolute Gasteiger partial charge is 0.397 e. The molecule has 0 spiro atoms. The zero-order chi connectivity index (χ0) is 35.6. The Kier molecular flexibility index (Phi) is 11.2. The Morgan fingerprint density at radius 2 is 1.56 bits per heavy atom. The van der Waals surface area contributed by atoms with Crippen molar-refractivity contribution in [3.8, 4) is 0 Å². The standard InChI is InChI=1S/C36H47BrF3N7O3/c1-44-13-6-24(7-14-44)25-8-15-45(16-9-25)33(48)31(22-23-20-28(36(38,39)40)32(41)29(37)21-23)43-34(49)46-17-11-27(12-18-46)47-19-10-26-4-2-3-5-30(26)42-35(47)50/h2-5,20-21,24-25,27,31H,6-19,22,41H2,1H3,(H,42,50)(H,43,49)/t31-/m1/s1. The van der Waals surface area contributed by atoms with Gasteiger partial charge in [0, 0.05) is 55.3 Å². The number of nitrogens with two attached hydrogens (primary N) is 1. The minimum absolute atomic E-state index is 0.0513. The summed E-state index contributed by atoms with van der Waals surface area (Å²) in [6, 6.07) is 8.49. The van der Waals surface area contributed by atoms with Gasteiger partial charge in [0.05, 0.1) is 11.3 Å². The van der Waals surface area contributed by atoms with Gasteiger partial charge in [0.1, 0.15) is 6.04 Å². The number of carbonyl (C=O) groups excluding carboxylic acids is 3. The van der Waals surface area contributed by atoms with Gasteiger partial charge >= 0.3 is 18.2 Å². The summed E-state index contributed by atoms with van der Waals surface area (Å²) >= 11 is 3.16. The van der Waals surface area contributed by atoms with Crippen LogP contribution in [0.5, 0.6) is 0 Å². The highest BCUT2D eigenvalue weighted by molar-refractivity contribution is 9.10. The average molecular weight is 763 g/mol. The molecule has 0 unspecified atom stereocenters. The number of fused-ring (bicyclic) bond motifs is 1. The minimum atomic E-state index is -4.68. The molecular weight excluding hydrogens is 715 g/mol. The molecule has 3 saturated heterocycles. The second-order valence-electron chi connectivity index (χ2n) is 14.3. The number of anilines is 2. The molecule has 0 aliphatic carbocycles. The highest BCUT2D eigenvalue weighted by Gasteiger charge is 2.38. The van der Waals surface area contributed by atoms with Gasteiger partial charge in [-0.25, -0.2) is 9.59 Å². The quantitative estimate of drug-likeness (QED) is 0.322.